The number of carbonyl (C=O) groups is 1. The van der Waals surface area contributed by atoms with Gasteiger partial charge in [0.05, 0.1) is 17.8 Å². The minimum absolute atomic E-state index is 0.293. The first kappa shape index (κ1) is 11.5. The lowest BCUT2D eigenvalue weighted by molar-refractivity contribution is 0.140. The highest BCUT2D eigenvalue weighted by atomic mass is 79.9. The summed E-state index contributed by atoms with van der Waals surface area (Å²) in [5, 5.41) is 1.00. The maximum Gasteiger partial charge on any atom is 0.414 e. The van der Waals surface area contributed by atoms with E-state index < -0.39 is 0 Å². The zero-order valence-electron chi connectivity index (χ0n) is 9.60. The topological polar surface area (TPSA) is 42.4 Å². The predicted molar refractivity (Wildman–Crippen MR) is 72.8 cm³/mol. The van der Waals surface area contributed by atoms with Gasteiger partial charge in [0.2, 0.25) is 0 Å². The Labute approximate surface area is 113 Å². The third kappa shape index (κ3) is 1.95. The van der Waals surface area contributed by atoms with Gasteiger partial charge in [0.25, 0.3) is 0 Å². The molecule has 18 heavy (non-hydrogen) atoms. The van der Waals surface area contributed by atoms with Gasteiger partial charge in [-0.25, -0.2) is 4.79 Å². The molecule has 0 aliphatic carbocycles. The highest BCUT2D eigenvalue weighted by Gasteiger charge is 2.23. The van der Waals surface area contributed by atoms with Crippen molar-refractivity contribution < 1.29 is 9.53 Å². The zero-order chi connectivity index (χ0) is 12.5. The maximum atomic E-state index is 11.8. The minimum atomic E-state index is -0.293. The lowest BCUT2D eigenvalue weighted by Crippen LogP contribution is -2.37. The fourth-order valence-electron chi connectivity index (χ4n) is 2.11. The van der Waals surface area contributed by atoms with Crippen LogP contribution < -0.4 is 4.90 Å². The summed E-state index contributed by atoms with van der Waals surface area (Å²) >= 11 is 3.40. The van der Waals surface area contributed by atoms with E-state index in [1.807, 2.05) is 24.3 Å². The van der Waals surface area contributed by atoms with Crippen LogP contribution in [0.4, 0.5) is 10.5 Å². The van der Waals surface area contributed by atoms with Crippen LogP contribution in [0, 0.1) is 0 Å². The molecule has 92 valence electrons. The summed E-state index contributed by atoms with van der Waals surface area (Å²) < 4.78 is 5.99. The second-order valence-corrected chi connectivity index (χ2v) is 5.04. The number of pyridine rings is 1. The number of nitrogens with zero attached hydrogens (tertiary/aromatic N) is 2. The van der Waals surface area contributed by atoms with Crippen LogP contribution in [0.1, 0.15) is 6.42 Å². The fourth-order valence-corrected chi connectivity index (χ4v) is 2.45. The standard InChI is InChI=1S/C13H11BrN2O2/c14-10-7-9-3-1-4-11(12(9)15-8-10)16-5-2-6-18-13(16)17/h1,3-4,7-8H,2,5-6H2. The number of fused-ring (bicyclic) bond motifs is 1. The van der Waals surface area contributed by atoms with Crippen LogP contribution in [0.5, 0.6) is 0 Å². The lowest BCUT2D eigenvalue weighted by Gasteiger charge is -2.26. The van der Waals surface area contributed by atoms with Gasteiger partial charge < -0.3 is 4.74 Å². The van der Waals surface area contributed by atoms with E-state index in [0.717, 1.165) is 27.5 Å². The van der Waals surface area contributed by atoms with Crippen molar-refractivity contribution in [2.75, 3.05) is 18.1 Å². The Bertz CT molecular complexity index is 615. The van der Waals surface area contributed by atoms with E-state index >= 15 is 0 Å². The molecule has 2 aromatic rings. The predicted octanol–water partition coefficient (Wildman–Crippen LogP) is 3.34. The van der Waals surface area contributed by atoms with Gasteiger partial charge in [0.1, 0.15) is 0 Å². The Hall–Kier alpha value is -1.62. The molecule has 1 fully saturated rings. The Morgan fingerprint density at radius 1 is 1.39 bits per heavy atom. The zero-order valence-corrected chi connectivity index (χ0v) is 11.2. The fraction of sp³-hybridized carbons (Fsp3) is 0.231. The molecule has 1 aromatic heterocycles. The molecule has 1 saturated heterocycles. The maximum absolute atomic E-state index is 11.8. The quantitative estimate of drug-likeness (QED) is 0.811. The van der Waals surface area contributed by atoms with Crippen LogP contribution in [0.15, 0.2) is 34.9 Å². The van der Waals surface area contributed by atoms with Gasteiger partial charge in [-0.05, 0) is 34.5 Å². The van der Waals surface area contributed by atoms with Crippen LogP contribution in [0.2, 0.25) is 0 Å². The summed E-state index contributed by atoms with van der Waals surface area (Å²) in [6, 6.07) is 7.79. The number of hydrogen-bond donors (Lipinski definition) is 0. The summed E-state index contributed by atoms with van der Waals surface area (Å²) in [5.41, 5.74) is 1.63. The summed E-state index contributed by atoms with van der Waals surface area (Å²) in [5.74, 6) is 0. The van der Waals surface area contributed by atoms with E-state index in [1.165, 1.54) is 0 Å². The Kier molecular flexibility index (Phi) is 2.91. The average Bonchev–Trinajstić information content (AvgIpc) is 2.38. The first-order chi connectivity index (χ1) is 8.75. The van der Waals surface area contributed by atoms with Crippen molar-refractivity contribution in [3.63, 3.8) is 0 Å². The van der Waals surface area contributed by atoms with Crippen molar-refractivity contribution >= 4 is 38.6 Å². The van der Waals surface area contributed by atoms with Gasteiger partial charge in [-0.3, -0.25) is 9.88 Å². The SMILES string of the molecule is O=C1OCCCN1c1cccc2cc(Br)cnc12. The number of hydrogen-bond acceptors (Lipinski definition) is 3. The van der Waals surface area contributed by atoms with Gasteiger partial charge in [-0.15, -0.1) is 0 Å². The first-order valence-electron chi connectivity index (χ1n) is 5.74. The van der Waals surface area contributed by atoms with Crippen molar-refractivity contribution in [2.24, 2.45) is 0 Å². The number of cyclic esters (lactones) is 1. The van der Waals surface area contributed by atoms with Crippen molar-refractivity contribution in [1.82, 2.24) is 4.98 Å². The highest BCUT2D eigenvalue weighted by Crippen LogP contribution is 2.28. The van der Waals surface area contributed by atoms with Crippen LogP contribution in [0.3, 0.4) is 0 Å². The number of halogens is 1. The number of carbonyl (C=O) groups excluding carboxylic acids is 1. The third-order valence-electron chi connectivity index (χ3n) is 2.92. The summed E-state index contributed by atoms with van der Waals surface area (Å²) in [7, 11) is 0. The number of ether oxygens (including phenoxy) is 1. The molecular weight excluding hydrogens is 296 g/mol. The molecular formula is C13H11BrN2O2. The molecule has 0 bridgehead atoms. The molecule has 1 amide bonds. The van der Waals surface area contributed by atoms with Crippen molar-refractivity contribution in [3.05, 3.63) is 34.9 Å². The van der Waals surface area contributed by atoms with E-state index in [2.05, 4.69) is 20.9 Å². The molecule has 0 spiro atoms. The molecule has 0 unspecified atom stereocenters. The van der Waals surface area contributed by atoms with Crippen LogP contribution in [-0.4, -0.2) is 24.2 Å². The number of benzene rings is 1. The van der Waals surface area contributed by atoms with E-state index in [4.69, 9.17) is 4.74 Å². The Morgan fingerprint density at radius 3 is 3.11 bits per heavy atom. The number of rotatable bonds is 1. The molecule has 1 aliphatic heterocycles. The number of amides is 1. The average molecular weight is 307 g/mol. The first-order valence-corrected chi connectivity index (χ1v) is 6.53. The van der Waals surface area contributed by atoms with Gasteiger partial charge in [-0.2, -0.15) is 0 Å². The molecule has 5 heteroatoms. The molecule has 4 nitrogen and oxygen atoms in total. The smallest absolute Gasteiger partial charge is 0.414 e. The summed E-state index contributed by atoms with van der Waals surface area (Å²) in [6.07, 6.45) is 2.29. The number of aromatic nitrogens is 1. The van der Waals surface area contributed by atoms with Gasteiger partial charge in [-0.1, -0.05) is 12.1 Å². The molecule has 2 heterocycles. The minimum Gasteiger partial charge on any atom is -0.449 e. The molecule has 1 aliphatic rings. The lowest BCUT2D eigenvalue weighted by atomic mass is 10.1. The largest absolute Gasteiger partial charge is 0.449 e. The second-order valence-electron chi connectivity index (χ2n) is 4.12. The van der Waals surface area contributed by atoms with Gasteiger partial charge in [0.15, 0.2) is 0 Å². The van der Waals surface area contributed by atoms with Crippen LogP contribution in [-0.2, 0) is 4.74 Å². The van der Waals surface area contributed by atoms with Crippen molar-refractivity contribution in [1.29, 1.82) is 0 Å². The van der Waals surface area contributed by atoms with Crippen molar-refractivity contribution in [2.45, 2.75) is 6.42 Å². The van der Waals surface area contributed by atoms with Gasteiger partial charge in [0, 0.05) is 22.6 Å². The van der Waals surface area contributed by atoms with Crippen LogP contribution in [0.25, 0.3) is 10.9 Å². The number of anilines is 1. The number of para-hydroxylation sites is 1. The summed E-state index contributed by atoms with van der Waals surface area (Å²) in [6.45, 7) is 1.18. The summed E-state index contributed by atoms with van der Waals surface area (Å²) in [4.78, 5) is 17.8. The molecule has 1 aromatic carbocycles. The van der Waals surface area contributed by atoms with E-state index in [9.17, 15) is 4.79 Å². The molecule has 3 rings (SSSR count). The Morgan fingerprint density at radius 2 is 2.28 bits per heavy atom. The normalized spacial score (nSPS) is 15.8. The molecule has 0 radical (unpaired) electrons. The second kappa shape index (κ2) is 4.57. The van der Waals surface area contributed by atoms with Gasteiger partial charge >= 0.3 is 6.09 Å². The van der Waals surface area contributed by atoms with E-state index in [0.29, 0.717) is 13.2 Å². The highest BCUT2D eigenvalue weighted by molar-refractivity contribution is 9.10. The molecule has 0 N–H and O–H groups in total. The molecule has 0 atom stereocenters. The van der Waals surface area contributed by atoms with Crippen LogP contribution >= 0.6 is 15.9 Å². The van der Waals surface area contributed by atoms with Crippen molar-refractivity contribution in [3.8, 4) is 0 Å². The monoisotopic (exact) mass is 306 g/mol. The van der Waals surface area contributed by atoms with E-state index in [-0.39, 0.29) is 6.09 Å². The third-order valence-corrected chi connectivity index (χ3v) is 3.35. The molecule has 0 saturated carbocycles. The Balaban J connectivity index is 2.13. The van der Waals surface area contributed by atoms with E-state index in [1.54, 1.807) is 11.1 Å².